The highest BCUT2D eigenvalue weighted by molar-refractivity contribution is 5.92. The van der Waals surface area contributed by atoms with Crippen molar-refractivity contribution in [2.75, 3.05) is 13.7 Å². The van der Waals surface area contributed by atoms with E-state index in [9.17, 15) is 4.79 Å². The van der Waals surface area contributed by atoms with Gasteiger partial charge in [-0.2, -0.15) is 4.98 Å². The molecule has 7 heteroatoms. The van der Waals surface area contributed by atoms with E-state index in [1.54, 1.807) is 36.4 Å². The van der Waals surface area contributed by atoms with Gasteiger partial charge in [0.15, 0.2) is 0 Å². The lowest BCUT2D eigenvalue weighted by molar-refractivity contribution is 0.0704. The molecule has 26 heavy (non-hydrogen) atoms. The van der Waals surface area contributed by atoms with Crippen molar-refractivity contribution in [1.29, 1.82) is 0 Å². The van der Waals surface area contributed by atoms with Gasteiger partial charge in [-0.3, -0.25) is 9.78 Å². The molecule has 1 fully saturated rings. The standard InChI is InChI=1S/C19H18N4O3/c1-25-14-9-7-13(8-10-14)17-21-18(26-22-17)16-6-4-12-23(16)19(24)15-5-2-3-11-20-15/h2-3,5,7-11,16H,4,6,12H2,1H3. The minimum absolute atomic E-state index is 0.114. The predicted octanol–water partition coefficient (Wildman–Crippen LogP) is 3.12. The predicted molar refractivity (Wildman–Crippen MR) is 93.5 cm³/mol. The second kappa shape index (κ2) is 6.95. The summed E-state index contributed by atoms with van der Waals surface area (Å²) in [5.74, 6) is 1.61. The normalized spacial score (nSPS) is 16.7. The number of amides is 1. The van der Waals surface area contributed by atoms with E-state index in [-0.39, 0.29) is 11.9 Å². The van der Waals surface area contributed by atoms with Gasteiger partial charge >= 0.3 is 0 Å². The molecule has 1 aliphatic rings. The first-order chi connectivity index (χ1) is 12.8. The number of likely N-dealkylation sites (tertiary alicyclic amines) is 1. The number of hydrogen-bond donors (Lipinski definition) is 0. The molecule has 0 saturated carbocycles. The van der Waals surface area contributed by atoms with E-state index < -0.39 is 0 Å². The van der Waals surface area contributed by atoms with Crippen LogP contribution in [0.2, 0.25) is 0 Å². The number of ether oxygens (including phenoxy) is 1. The maximum atomic E-state index is 12.7. The molecular weight excluding hydrogens is 332 g/mol. The molecule has 0 radical (unpaired) electrons. The Morgan fingerprint density at radius 1 is 1.23 bits per heavy atom. The fourth-order valence-electron chi connectivity index (χ4n) is 3.13. The van der Waals surface area contributed by atoms with Crippen molar-refractivity contribution < 1.29 is 14.1 Å². The van der Waals surface area contributed by atoms with Crippen LogP contribution in [-0.4, -0.2) is 39.6 Å². The Hall–Kier alpha value is -3.22. The number of carbonyl (C=O) groups excluding carboxylic acids is 1. The molecule has 0 bridgehead atoms. The summed E-state index contributed by atoms with van der Waals surface area (Å²) in [5.41, 5.74) is 1.26. The molecule has 1 unspecified atom stereocenters. The summed E-state index contributed by atoms with van der Waals surface area (Å²) in [4.78, 5) is 23.2. The molecule has 1 atom stereocenters. The van der Waals surface area contributed by atoms with Crippen LogP contribution in [0.25, 0.3) is 11.4 Å². The molecule has 3 aromatic rings. The van der Waals surface area contributed by atoms with Gasteiger partial charge in [-0.25, -0.2) is 0 Å². The van der Waals surface area contributed by atoms with E-state index in [2.05, 4.69) is 15.1 Å². The lowest BCUT2D eigenvalue weighted by Crippen LogP contribution is -2.31. The zero-order chi connectivity index (χ0) is 17.9. The van der Waals surface area contributed by atoms with Crippen LogP contribution in [0.4, 0.5) is 0 Å². The first-order valence-corrected chi connectivity index (χ1v) is 8.46. The van der Waals surface area contributed by atoms with E-state index >= 15 is 0 Å². The molecular formula is C19H18N4O3. The van der Waals surface area contributed by atoms with Crippen molar-refractivity contribution in [2.45, 2.75) is 18.9 Å². The lowest BCUT2D eigenvalue weighted by atomic mass is 10.2. The molecule has 1 aromatic carbocycles. The molecule has 1 aliphatic heterocycles. The Morgan fingerprint density at radius 2 is 2.08 bits per heavy atom. The number of benzene rings is 1. The minimum atomic E-state index is -0.219. The first kappa shape index (κ1) is 16.3. The summed E-state index contributed by atoms with van der Waals surface area (Å²) in [5, 5.41) is 4.07. The topological polar surface area (TPSA) is 81.4 Å². The third kappa shape index (κ3) is 3.03. The van der Waals surface area contributed by atoms with Crippen molar-refractivity contribution >= 4 is 5.91 Å². The van der Waals surface area contributed by atoms with Gasteiger partial charge in [0.1, 0.15) is 17.5 Å². The number of hydrogen-bond acceptors (Lipinski definition) is 6. The molecule has 7 nitrogen and oxygen atoms in total. The molecule has 0 spiro atoms. The first-order valence-electron chi connectivity index (χ1n) is 8.46. The van der Waals surface area contributed by atoms with Gasteiger partial charge in [-0.05, 0) is 49.2 Å². The highest BCUT2D eigenvalue weighted by atomic mass is 16.5. The van der Waals surface area contributed by atoms with Crippen molar-refractivity contribution in [3.05, 3.63) is 60.2 Å². The third-order valence-corrected chi connectivity index (χ3v) is 4.47. The van der Waals surface area contributed by atoms with Crippen LogP contribution in [0.15, 0.2) is 53.2 Å². The number of rotatable bonds is 4. The van der Waals surface area contributed by atoms with Crippen LogP contribution in [0, 0.1) is 0 Å². The van der Waals surface area contributed by atoms with Crippen molar-refractivity contribution in [3.63, 3.8) is 0 Å². The average molecular weight is 350 g/mol. The summed E-state index contributed by atoms with van der Waals surface area (Å²) in [6.07, 6.45) is 3.30. The zero-order valence-electron chi connectivity index (χ0n) is 14.3. The Bertz CT molecular complexity index is 893. The Morgan fingerprint density at radius 3 is 2.81 bits per heavy atom. The highest BCUT2D eigenvalue weighted by Crippen LogP contribution is 2.33. The summed E-state index contributed by atoms with van der Waals surface area (Å²) in [6.45, 7) is 0.653. The highest BCUT2D eigenvalue weighted by Gasteiger charge is 2.35. The maximum Gasteiger partial charge on any atom is 0.273 e. The van der Waals surface area contributed by atoms with Crippen LogP contribution in [0.3, 0.4) is 0 Å². The quantitative estimate of drug-likeness (QED) is 0.719. The minimum Gasteiger partial charge on any atom is -0.497 e. The summed E-state index contributed by atoms with van der Waals surface area (Å²) < 4.78 is 10.6. The zero-order valence-corrected chi connectivity index (χ0v) is 14.3. The fraction of sp³-hybridized carbons (Fsp3) is 0.263. The molecule has 2 aromatic heterocycles. The van der Waals surface area contributed by atoms with Crippen LogP contribution in [0.5, 0.6) is 5.75 Å². The molecule has 4 rings (SSSR count). The van der Waals surface area contributed by atoms with Gasteiger partial charge in [0, 0.05) is 18.3 Å². The lowest BCUT2D eigenvalue weighted by Gasteiger charge is -2.21. The summed E-state index contributed by atoms with van der Waals surface area (Å²) in [6, 6.07) is 12.5. The molecule has 1 saturated heterocycles. The third-order valence-electron chi connectivity index (χ3n) is 4.47. The van der Waals surface area contributed by atoms with E-state index in [0.29, 0.717) is 24.0 Å². The maximum absolute atomic E-state index is 12.7. The molecule has 3 heterocycles. The number of methoxy groups -OCH3 is 1. The average Bonchev–Trinajstić information content (AvgIpc) is 3.37. The Labute approximate surface area is 150 Å². The summed E-state index contributed by atoms with van der Waals surface area (Å²) >= 11 is 0. The van der Waals surface area contributed by atoms with Crippen molar-refractivity contribution in [1.82, 2.24) is 20.0 Å². The monoisotopic (exact) mass is 350 g/mol. The van der Waals surface area contributed by atoms with Crippen LogP contribution >= 0.6 is 0 Å². The fourth-order valence-corrected chi connectivity index (χ4v) is 3.13. The van der Waals surface area contributed by atoms with E-state index in [4.69, 9.17) is 9.26 Å². The second-order valence-corrected chi connectivity index (χ2v) is 6.06. The van der Waals surface area contributed by atoms with Gasteiger partial charge in [-0.1, -0.05) is 11.2 Å². The van der Waals surface area contributed by atoms with Gasteiger partial charge in [0.25, 0.3) is 5.91 Å². The molecule has 0 N–H and O–H groups in total. The largest absolute Gasteiger partial charge is 0.497 e. The SMILES string of the molecule is COc1ccc(-c2noc(C3CCCN3C(=O)c3ccccn3)n2)cc1. The Balaban J connectivity index is 1.57. The van der Waals surface area contributed by atoms with Crippen LogP contribution < -0.4 is 4.74 Å². The molecule has 132 valence electrons. The number of pyridine rings is 1. The molecule has 1 amide bonds. The van der Waals surface area contributed by atoms with E-state index in [1.807, 2.05) is 24.3 Å². The van der Waals surface area contributed by atoms with Crippen molar-refractivity contribution in [3.8, 4) is 17.1 Å². The van der Waals surface area contributed by atoms with E-state index in [1.165, 1.54) is 0 Å². The van der Waals surface area contributed by atoms with Gasteiger partial charge in [-0.15, -0.1) is 0 Å². The van der Waals surface area contributed by atoms with E-state index in [0.717, 1.165) is 24.2 Å². The van der Waals surface area contributed by atoms with Crippen molar-refractivity contribution in [2.24, 2.45) is 0 Å². The van der Waals surface area contributed by atoms with Gasteiger partial charge in [0.05, 0.1) is 7.11 Å². The Kier molecular flexibility index (Phi) is 4.35. The number of carbonyl (C=O) groups is 1. The smallest absolute Gasteiger partial charge is 0.273 e. The number of aromatic nitrogens is 3. The van der Waals surface area contributed by atoms with Gasteiger partial charge in [0.2, 0.25) is 11.7 Å². The van der Waals surface area contributed by atoms with Crippen LogP contribution in [0.1, 0.15) is 35.3 Å². The van der Waals surface area contributed by atoms with Crippen LogP contribution in [-0.2, 0) is 0 Å². The van der Waals surface area contributed by atoms with Gasteiger partial charge < -0.3 is 14.2 Å². The molecule has 0 aliphatic carbocycles. The second-order valence-electron chi connectivity index (χ2n) is 6.06. The summed E-state index contributed by atoms with van der Waals surface area (Å²) in [7, 11) is 1.62. The number of nitrogens with zero attached hydrogens (tertiary/aromatic N) is 4.